The molecule has 21 heavy (non-hydrogen) atoms. The van der Waals surface area contributed by atoms with E-state index >= 15 is 0 Å². The van der Waals surface area contributed by atoms with Crippen molar-refractivity contribution in [2.75, 3.05) is 13.1 Å². The largest absolute Gasteiger partial charge is 0.481 e. The Labute approximate surface area is 126 Å². The first-order valence-corrected chi connectivity index (χ1v) is 8.65. The third-order valence-corrected chi connectivity index (χ3v) is 5.70. The Balaban J connectivity index is 1.56. The second kappa shape index (κ2) is 6.37. The molecule has 118 valence electrons. The minimum Gasteiger partial charge on any atom is -0.481 e. The van der Waals surface area contributed by atoms with Crippen LogP contribution < -0.4 is 0 Å². The van der Waals surface area contributed by atoms with Crippen molar-refractivity contribution in [2.45, 2.75) is 57.8 Å². The number of amides is 1. The molecule has 0 radical (unpaired) electrons. The molecule has 0 unspecified atom stereocenters. The van der Waals surface area contributed by atoms with Crippen molar-refractivity contribution >= 4 is 11.9 Å². The summed E-state index contributed by atoms with van der Waals surface area (Å²) in [4.78, 5) is 25.8. The third-order valence-electron chi connectivity index (χ3n) is 5.70. The van der Waals surface area contributed by atoms with Crippen LogP contribution in [0.4, 0.5) is 0 Å². The number of carboxylic acid groups (broad SMARTS) is 1. The Kier molecular flexibility index (Phi) is 4.51. The molecule has 3 fully saturated rings. The first kappa shape index (κ1) is 14.9. The zero-order valence-corrected chi connectivity index (χ0v) is 12.8. The van der Waals surface area contributed by atoms with Crippen LogP contribution in [0.15, 0.2) is 0 Å². The van der Waals surface area contributed by atoms with Gasteiger partial charge in [-0.25, -0.2) is 0 Å². The molecular weight excluding hydrogens is 266 g/mol. The van der Waals surface area contributed by atoms with Gasteiger partial charge in [0.2, 0.25) is 5.91 Å². The lowest BCUT2D eigenvalue weighted by Gasteiger charge is -2.20. The van der Waals surface area contributed by atoms with Gasteiger partial charge < -0.3 is 10.0 Å². The van der Waals surface area contributed by atoms with Crippen LogP contribution in [0.2, 0.25) is 0 Å². The summed E-state index contributed by atoms with van der Waals surface area (Å²) in [7, 11) is 0. The van der Waals surface area contributed by atoms with Crippen LogP contribution in [0.3, 0.4) is 0 Å². The second-order valence-electron chi connectivity index (χ2n) is 7.31. The second-order valence-corrected chi connectivity index (χ2v) is 7.31. The van der Waals surface area contributed by atoms with Gasteiger partial charge in [0.25, 0.3) is 0 Å². The summed E-state index contributed by atoms with van der Waals surface area (Å²) in [5, 5.41) is 9.38. The summed E-state index contributed by atoms with van der Waals surface area (Å²) < 4.78 is 0. The summed E-state index contributed by atoms with van der Waals surface area (Å²) in [6, 6.07) is 0. The molecule has 4 heteroatoms. The summed E-state index contributed by atoms with van der Waals surface area (Å²) >= 11 is 0. The Morgan fingerprint density at radius 2 is 1.62 bits per heavy atom. The molecule has 3 aliphatic rings. The molecular formula is C17H27NO3. The number of carbonyl (C=O) groups excluding carboxylic acids is 1. The highest BCUT2D eigenvalue weighted by Gasteiger charge is 2.46. The number of rotatable bonds is 4. The molecule has 0 bridgehead atoms. The van der Waals surface area contributed by atoms with Crippen LogP contribution in [0, 0.1) is 23.7 Å². The summed E-state index contributed by atoms with van der Waals surface area (Å²) in [6.07, 6.45) is 10.4. The highest BCUT2D eigenvalue weighted by molar-refractivity contribution is 5.79. The fourth-order valence-corrected chi connectivity index (χ4v) is 4.24. The minimum absolute atomic E-state index is 0.205. The molecule has 1 N–H and O–H groups in total. The SMILES string of the molecule is O=C(O)[C@H]1CN(C(=O)CC2CCCCCC2)C[C@@H]1C1CC1. The van der Waals surface area contributed by atoms with Crippen molar-refractivity contribution in [1.29, 1.82) is 0 Å². The number of aliphatic carboxylic acids is 1. The van der Waals surface area contributed by atoms with Gasteiger partial charge in [-0.15, -0.1) is 0 Å². The molecule has 0 aromatic rings. The number of carbonyl (C=O) groups is 2. The maximum Gasteiger partial charge on any atom is 0.308 e. The van der Waals surface area contributed by atoms with Gasteiger partial charge in [-0.3, -0.25) is 9.59 Å². The number of likely N-dealkylation sites (tertiary alicyclic amines) is 1. The fraction of sp³-hybridized carbons (Fsp3) is 0.882. The van der Waals surface area contributed by atoms with E-state index in [-0.39, 0.29) is 17.7 Å². The molecule has 0 spiro atoms. The molecule has 2 atom stereocenters. The maximum atomic E-state index is 12.5. The van der Waals surface area contributed by atoms with Crippen LogP contribution in [0.25, 0.3) is 0 Å². The van der Waals surface area contributed by atoms with E-state index in [1.165, 1.54) is 38.5 Å². The Bertz CT molecular complexity index is 397. The molecule has 4 nitrogen and oxygen atoms in total. The summed E-state index contributed by atoms with van der Waals surface area (Å²) in [5.41, 5.74) is 0. The quantitative estimate of drug-likeness (QED) is 0.811. The highest BCUT2D eigenvalue weighted by atomic mass is 16.4. The smallest absolute Gasteiger partial charge is 0.308 e. The first-order valence-electron chi connectivity index (χ1n) is 8.65. The molecule has 0 aromatic carbocycles. The molecule has 2 saturated carbocycles. The fourth-order valence-electron chi connectivity index (χ4n) is 4.24. The highest BCUT2D eigenvalue weighted by Crippen LogP contribution is 2.44. The van der Waals surface area contributed by atoms with E-state index in [9.17, 15) is 14.7 Å². The molecule has 1 saturated heterocycles. The van der Waals surface area contributed by atoms with Gasteiger partial charge in [0.05, 0.1) is 5.92 Å². The van der Waals surface area contributed by atoms with Crippen LogP contribution >= 0.6 is 0 Å². The standard InChI is InChI=1S/C17H27NO3/c19-16(9-12-5-3-1-2-4-6-12)18-10-14(13-7-8-13)15(11-18)17(20)21/h12-15H,1-11H2,(H,20,21)/t14-,15+/m1/s1. The van der Waals surface area contributed by atoms with E-state index in [1.807, 2.05) is 4.90 Å². The predicted octanol–water partition coefficient (Wildman–Crippen LogP) is 2.92. The molecule has 1 aliphatic heterocycles. The van der Waals surface area contributed by atoms with Gasteiger partial charge in [-0.1, -0.05) is 25.7 Å². The maximum absolute atomic E-state index is 12.5. The zero-order valence-electron chi connectivity index (χ0n) is 12.8. The van der Waals surface area contributed by atoms with Crippen molar-refractivity contribution in [3.05, 3.63) is 0 Å². The van der Waals surface area contributed by atoms with Crippen LogP contribution in [-0.4, -0.2) is 35.0 Å². The number of carboxylic acids is 1. The van der Waals surface area contributed by atoms with Crippen LogP contribution in [0.5, 0.6) is 0 Å². The van der Waals surface area contributed by atoms with E-state index in [0.717, 1.165) is 12.8 Å². The molecule has 0 aromatic heterocycles. The molecule has 3 rings (SSSR count). The Morgan fingerprint density at radius 1 is 0.952 bits per heavy atom. The van der Waals surface area contributed by atoms with Crippen molar-refractivity contribution in [3.8, 4) is 0 Å². The van der Waals surface area contributed by atoms with Crippen molar-refractivity contribution in [1.82, 2.24) is 4.90 Å². The Hall–Kier alpha value is -1.06. The van der Waals surface area contributed by atoms with Crippen LogP contribution in [0.1, 0.15) is 57.8 Å². The summed E-state index contributed by atoms with van der Waals surface area (Å²) in [5.74, 6) is 0.467. The number of hydrogen-bond acceptors (Lipinski definition) is 2. The normalized spacial score (nSPS) is 31.1. The molecule has 1 amide bonds. The van der Waals surface area contributed by atoms with Crippen LogP contribution in [-0.2, 0) is 9.59 Å². The first-order chi connectivity index (χ1) is 10.1. The van der Waals surface area contributed by atoms with E-state index in [0.29, 0.717) is 31.3 Å². The predicted molar refractivity (Wildman–Crippen MR) is 79.7 cm³/mol. The average molecular weight is 293 g/mol. The van der Waals surface area contributed by atoms with Gasteiger partial charge in [0.1, 0.15) is 0 Å². The summed E-state index contributed by atoms with van der Waals surface area (Å²) in [6.45, 7) is 1.13. The topological polar surface area (TPSA) is 57.6 Å². The Morgan fingerprint density at radius 3 is 2.19 bits per heavy atom. The lowest BCUT2D eigenvalue weighted by Crippen LogP contribution is -2.31. The van der Waals surface area contributed by atoms with E-state index in [2.05, 4.69) is 0 Å². The van der Waals surface area contributed by atoms with Crippen molar-refractivity contribution < 1.29 is 14.7 Å². The van der Waals surface area contributed by atoms with Gasteiger partial charge >= 0.3 is 5.97 Å². The minimum atomic E-state index is -0.711. The monoisotopic (exact) mass is 293 g/mol. The van der Waals surface area contributed by atoms with Gasteiger partial charge in [-0.05, 0) is 43.4 Å². The number of nitrogens with zero attached hydrogens (tertiary/aromatic N) is 1. The average Bonchev–Trinajstić information content (AvgIpc) is 3.24. The third kappa shape index (κ3) is 3.58. The number of hydrogen-bond donors (Lipinski definition) is 1. The van der Waals surface area contributed by atoms with Gasteiger partial charge in [-0.2, -0.15) is 0 Å². The van der Waals surface area contributed by atoms with Gasteiger partial charge in [0, 0.05) is 19.5 Å². The zero-order chi connectivity index (χ0) is 14.8. The lowest BCUT2D eigenvalue weighted by atomic mass is 9.92. The van der Waals surface area contributed by atoms with Crippen molar-refractivity contribution in [2.24, 2.45) is 23.7 Å². The van der Waals surface area contributed by atoms with E-state index in [4.69, 9.17) is 0 Å². The van der Waals surface area contributed by atoms with Gasteiger partial charge in [0.15, 0.2) is 0 Å². The molecule has 1 heterocycles. The molecule has 2 aliphatic carbocycles. The van der Waals surface area contributed by atoms with Crippen molar-refractivity contribution in [3.63, 3.8) is 0 Å². The van der Waals surface area contributed by atoms with E-state index < -0.39 is 5.97 Å². The van der Waals surface area contributed by atoms with E-state index in [1.54, 1.807) is 0 Å². The lowest BCUT2D eigenvalue weighted by molar-refractivity contribution is -0.142.